The molecule has 0 saturated carbocycles. The number of carbonyl (C=O) groups is 1. The van der Waals surface area contributed by atoms with Crippen LogP contribution < -0.4 is 5.32 Å². The first kappa shape index (κ1) is 16.9. The molecule has 0 bridgehead atoms. The lowest BCUT2D eigenvalue weighted by Crippen LogP contribution is -2.15. The first-order chi connectivity index (χ1) is 11.9. The third-order valence-electron chi connectivity index (χ3n) is 3.46. The Morgan fingerprint density at radius 3 is 2.60 bits per heavy atom. The maximum absolute atomic E-state index is 12.1. The number of carbonyl (C=O) groups excluding carboxylic acids is 1. The number of hydrogen-bond donors (Lipinski definition) is 1. The summed E-state index contributed by atoms with van der Waals surface area (Å²) in [5.41, 5.74) is 1.74. The van der Waals surface area contributed by atoms with E-state index < -0.39 is 9.84 Å². The van der Waals surface area contributed by atoms with E-state index in [4.69, 9.17) is 4.42 Å². The van der Waals surface area contributed by atoms with Gasteiger partial charge in [0.1, 0.15) is 6.26 Å². The van der Waals surface area contributed by atoms with Crippen LogP contribution in [0.4, 0.5) is 5.69 Å². The van der Waals surface area contributed by atoms with Crippen LogP contribution >= 0.6 is 0 Å². The lowest BCUT2D eigenvalue weighted by atomic mass is 10.2. The number of anilines is 1. The molecule has 1 aromatic heterocycles. The van der Waals surface area contributed by atoms with Gasteiger partial charge in [0.2, 0.25) is 11.8 Å². The second kappa shape index (κ2) is 6.90. The summed E-state index contributed by atoms with van der Waals surface area (Å²) in [6.07, 6.45) is 2.59. The van der Waals surface area contributed by atoms with Crippen molar-refractivity contribution in [3.8, 4) is 11.5 Å². The summed E-state index contributed by atoms with van der Waals surface area (Å²) >= 11 is 0. The molecule has 6 nitrogen and oxygen atoms in total. The highest BCUT2D eigenvalue weighted by atomic mass is 32.2. The third kappa shape index (κ3) is 4.33. The number of aromatic nitrogens is 1. The lowest BCUT2D eigenvalue weighted by Gasteiger charge is -2.05. The summed E-state index contributed by atoms with van der Waals surface area (Å²) in [5.74, 6) is 0.140. The van der Waals surface area contributed by atoms with E-state index in [0.29, 0.717) is 17.3 Å². The number of benzene rings is 2. The van der Waals surface area contributed by atoms with Gasteiger partial charge in [-0.25, -0.2) is 13.4 Å². The van der Waals surface area contributed by atoms with Crippen molar-refractivity contribution >= 4 is 21.4 Å². The van der Waals surface area contributed by atoms with Gasteiger partial charge in [0, 0.05) is 17.5 Å². The molecule has 7 heteroatoms. The minimum Gasteiger partial charge on any atom is -0.444 e. The summed E-state index contributed by atoms with van der Waals surface area (Å²) in [4.78, 5) is 16.6. The summed E-state index contributed by atoms with van der Waals surface area (Å²) in [6, 6.07) is 15.5. The molecular formula is C18H16N2O4S. The number of amides is 1. The summed E-state index contributed by atoms with van der Waals surface area (Å²) in [7, 11) is -3.33. The van der Waals surface area contributed by atoms with E-state index in [1.807, 2.05) is 30.3 Å². The van der Waals surface area contributed by atoms with Crippen LogP contribution in [0.1, 0.15) is 5.69 Å². The standard InChI is InChI=1S/C18H16N2O4S/c1-25(22,23)16-9-5-8-14(10-16)19-17(21)11-15-12-24-18(20-15)13-6-3-2-4-7-13/h2-10,12H,11H2,1H3,(H,19,21). The van der Waals surface area contributed by atoms with Crippen molar-refractivity contribution in [2.24, 2.45) is 0 Å². The smallest absolute Gasteiger partial charge is 0.230 e. The quantitative estimate of drug-likeness (QED) is 0.759. The largest absolute Gasteiger partial charge is 0.444 e. The van der Waals surface area contributed by atoms with Gasteiger partial charge >= 0.3 is 0 Å². The van der Waals surface area contributed by atoms with Gasteiger partial charge in [0.25, 0.3) is 0 Å². The van der Waals surface area contributed by atoms with Gasteiger partial charge in [-0.15, -0.1) is 0 Å². The van der Waals surface area contributed by atoms with E-state index >= 15 is 0 Å². The molecule has 0 spiro atoms. The van der Waals surface area contributed by atoms with E-state index in [0.717, 1.165) is 11.8 Å². The Labute approximate surface area is 145 Å². The fourth-order valence-corrected chi connectivity index (χ4v) is 2.94. The van der Waals surface area contributed by atoms with Crippen LogP contribution in [0.25, 0.3) is 11.5 Å². The second-order valence-electron chi connectivity index (χ2n) is 5.53. The van der Waals surface area contributed by atoms with Crippen LogP contribution in [-0.2, 0) is 21.1 Å². The van der Waals surface area contributed by atoms with Crippen LogP contribution in [0.15, 0.2) is 70.2 Å². The van der Waals surface area contributed by atoms with Crippen molar-refractivity contribution in [2.75, 3.05) is 11.6 Å². The van der Waals surface area contributed by atoms with E-state index in [1.165, 1.54) is 18.4 Å². The Balaban J connectivity index is 1.69. The molecule has 0 aliphatic rings. The maximum Gasteiger partial charge on any atom is 0.230 e. The Hall–Kier alpha value is -2.93. The van der Waals surface area contributed by atoms with Gasteiger partial charge in [0.05, 0.1) is 17.0 Å². The van der Waals surface area contributed by atoms with Crippen molar-refractivity contribution in [3.05, 3.63) is 66.6 Å². The Kier molecular flexibility index (Phi) is 4.67. The van der Waals surface area contributed by atoms with Crippen LogP contribution in [0.5, 0.6) is 0 Å². The van der Waals surface area contributed by atoms with Crippen molar-refractivity contribution < 1.29 is 17.6 Å². The fourth-order valence-electron chi connectivity index (χ4n) is 2.28. The Morgan fingerprint density at radius 1 is 1.12 bits per heavy atom. The van der Waals surface area contributed by atoms with Gasteiger partial charge in [-0.3, -0.25) is 4.79 Å². The number of hydrogen-bond acceptors (Lipinski definition) is 5. The molecule has 0 radical (unpaired) electrons. The van der Waals surface area contributed by atoms with E-state index in [1.54, 1.807) is 12.1 Å². The highest BCUT2D eigenvalue weighted by Gasteiger charge is 2.12. The SMILES string of the molecule is CS(=O)(=O)c1cccc(NC(=O)Cc2coc(-c3ccccc3)n2)c1. The summed E-state index contributed by atoms with van der Waals surface area (Å²) < 4.78 is 28.5. The number of nitrogens with zero attached hydrogens (tertiary/aromatic N) is 1. The molecule has 0 aliphatic heterocycles. The highest BCUT2D eigenvalue weighted by Crippen LogP contribution is 2.19. The number of sulfone groups is 1. The van der Waals surface area contributed by atoms with E-state index in [2.05, 4.69) is 10.3 Å². The minimum absolute atomic E-state index is 0.0272. The number of rotatable bonds is 5. The summed E-state index contributed by atoms with van der Waals surface area (Å²) in [6.45, 7) is 0. The summed E-state index contributed by atoms with van der Waals surface area (Å²) in [5, 5.41) is 2.67. The zero-order valence-electron chi connectivity index (χ0n) is 13.5. The average molecular weight is 356 g/mol. The van der Waals surface area contributed by atoms with Crippen molar-refractivity contribution in [3.63, 3.8) is 0 Å². The normalized spacial score (nSPS) is 11.2. The molecule has 1 heterocycles. The molecule has 3 aromatic rings. The Bertz CT molecular complexity index is 995. The molecule has 0 aliphatic carbocycles. The van der Waals surface area contributed by atoms with Crippen molar-refractivity contribution in [2.45, 2.75) is 11.3 Å². The van der Waals surface area contributed by atoms with Crippen LogP contribution in [0.3, 0.4) is 0 Å². The molecule has 0 saturated heterocycles. The molecule has 0 fully saturated rings. The van der Waals surface area contributed by atoms with Crippen LogP contribution in [0.2, 0.25) is 0 Å². The van der Waals surface area contributed by atoms with Crippen molar-refractivity contribution in [1.29, 1.82) is 0 Å². The fraction of sp³-hybridized carbons (Fsp3) is 0.111. The first-order valence-corrected chi connectivity index (χ1v) is 9.41. The molecule has 0 unspecified atom stereocenters. The van der Waals surface area contributed by atoms with E-state index in [9.17, 15) is 13.2 Å². The second-order valence-corrected chi connectivity index (χ2v) is 7.55. The van der Waals surface area contributed by atoms with Gasteiger partial charge < -0.3 is 9.73 Å². The monoisotopic (exact) mass is 356 g/mol. The zero-order valence-corrected chi connectivity index (χ0v) is 14.3. The van der Waals surface area contributed by atoms with Gasteiger partial charge in [0.15, 0.2) is 9.84 Å². The molecule has 1 amide bonds. The molecule has 3 rings (SSSR count). The van der Waals surface area contributed by atoms with Gasteiger partial charge in [-0.1, -0.05) is 24.3 Å². The van der Waals surface area contributed by atoms with Gasteiger partial charge in [-0.2, -0.15) is 0 Å². The average Bonchev–Trinajstić information content (AvgIpc) is 3.03. The lowest BCUT2D eigenvalue weighted by molar-refractivity contribution is -0.115. The molecule has 25 heavy (non-hydrogen) atoms. The third-order valence-corrected chi connectivity index (χ3v) is 4.57. The van der Waals surface area contributed by atoms with Crippen LogP contribution in [-0.4, -0.2) is 25.6 Å². The molecule has 0 atom stereocenters. The predicted molar refractivity (Wildman–Crippen MR) is 93.8 cm³/mol. The number of oxazole rings is 1. The zero-order chi connectivity index (χ0) is 17.9. The molecular weight excluding hydrogens is 340 g/mol. The molecule has 128 valence electrons. The van der Waals surface area contributed by atoms with Crippen molar-refractivity contribution in [1.82, 2.24) is 4.98 Å². The van der Waals surface area contributed by atoms with E-state index in [-0.39, 0.29) is 17.2 Å². The Morgan fingerprint density at radius 2 is 1.88 bits per heavy atom. The molecule has 2 aromatic carbocycles. The predicted octanol–water partition coefficient (Wildman–Crippen LogP) is 2.93. The topological polar surface area (TPSA) is 89.3 Å². The maximum atomic E-state index is 12.1. The first-order valence-electron chi connectivity index (χ1n) is 7.51. The number of nitrogens with one attached hydrogen (secondary N) is 1. The minimum atomic E-state index is -3.33. The molecule has 1 N–H and O–H groups in total. The van der Waals surface area contributed by atoms with Gasteiger partial charge in [-0.05, 0) is 30.3 Å². The highest BCUT2D eigenvalue weighted by molar-refractivity contribution is 7.90. The van der Waals surface area contributed by atoms with Crippen LogP contribution in [0, 0.1) is 0 Å².